The SMILES string of the molecule is CC(C)(C)CC1(C)CS1. The van der Waals surface area contributed by atoms with E-state index in [0.717, 1.165) is 0 Å². The van der Waals surface area contributed by atoms with Crippen LogP contribution in [0.3, 0.4) is 0 Å². The zero-order valence-electron chi connectivity index (χ0n) is 6.82. The first kappa shape index (κ1) is 7.46. The van der Waals surface area contributed by atoms with Gasteiger partial charge >= 0.3 is 0 Å². The molecule has 0 saturated carbocycles. The van der Waals surface area contributed by atoms with Crippen LogP contribution in [0.1, 0.15) is 34.1 Å². The van der Waals surface area contributed by atoms with E-state index >= 15 is 0 Å². The molecule has 1 heterocycles. The van der Waals surface area contributed by atoms with Crippen LogP contribution in [0.4, 0.5) is 0 Å². The van der Waals surface area contributed by atoms with Crippen molar-refractivity contribution in [3.8, 4) is 0 Å². The predicted molar refractivity (Wildman–Crippen MR) is 44.9 cm³/mol. The van der Waals surface area contributed by atoms with E-state index in [0.29, 0.717) is 10.2 Å². The van der Waals surface area contributed by atoms with E-state index < -0.39 is 0 Å². The number of hydrogen-bond acceptors (Lipinski definition) is 1. The van der Waals surface area contributed by atoms with Crippen LogP contribution >= 0.6 is 11.8 Å². The summed E-state index contributed by atoms with van der Waals surface area (Å²) >= 11 is 2.10. The molecule has 0 nitrogen and oxygen atoms in total. The maximum atomic E-state index is 2.36. The van der Waals surface area contributed by atoms with Crippen LogP contribution < -0.4 is 0 Å². The van der Waals surface area contributed by atoms with Crippen molar-refractivity contribution in [2.24, 2.45) is 5.41 Å². The average molecular weight is 144 g/mol. The molecule has 0 amide bonds. The molecule has 9 heavy (non-hydrogen) atoms. The fourth-order valence-electron chi connectivity index (χ4n) is 1.35. The fraction of sp³-hybridized carbons (Fsp3) is 1.00. The molecule has 54 valence electrons. The second kappa shape index (κ2) is 1.91. The van der Waals surface area contributed by atoms with Gasteiger partial charge in [-0.15, -0.1) is 0 Å². The highest BCUT2D eigenvalue weighted by Crippen LogP contribution is 2.51. The Bertz CT molecular complexity index is 103. The van der Waals surface area contributed by atoms with Crippen LogP contribution in [0.25, 0.3) is 0 Å². The van der Waals surface area contributed by atoms with E-state index in [4.69, 9.17) is 0 Å². The lowest BCUT2D eigenvalue weighted by atomic mass is 9.86. The van der Waals surface area contributed by atoms with Crippen molar-refractivity contribution >= 4 is 11.8 Å². The molecule has 1 atom stereocenters. The molecule has 0 aliphatic carbocycles. The van der Waals surface area contributed by atoms with E-state index in [2.05, 4.69) is 39.5 Å². The van der Waals surface area contributed by atoms with Gasteiger partial charge in [-0.25, -0.2) is 0 Å². The molecule has 0 aromatic carbocycles. The second-order valence-electron chi connectivity index (χ2n) is 4.48. The highest BCUT2D eigenvalue weighted by molar-refractivity contribution is 8.07. The summed E-state index contributed by atoms with van der Waals surface area (Å²) in [6, 6.07) is 0. The van der Waals surface area contributed by atoms with Crippen LogP contribution in [-0.2, 0) is 0 Å². The third kappa shape index (κ3) is 2.61. The normalized spacial score (nSPS) is 34.7. The van der Waals surface area contributed by atoms with Crippen LogP contribution in [0.5, 0.6) is 0 Å². The molecule has 0 bridgehead atoms. The van der Waals surface area contributed by atoms with Gasteiger partial charge in [-0.3, -0.25) is 0 Å². The third-order valence-corrected chi connectivity index (χ3v) is 2.96. The smallest absolute Gasteiger partial charge is 0.0227 e. The zero-order chi connectivity index (χ0) is 7.12. The third-order valence-electron chi connectivity index (χ3n) is 1.54. The molecule has 1 fully saturated rings. The second-order valence-corrected chi connectivity index (χ2v) is 6.04. The first-order valence-electron chi connectivity index (χ1n) is 3.55. The highest BCUT2D eigenvalue weighted by atomic mass is 32.2. The molecule has 1 rings (SSSR count). The zero-order valence-corrected chi connectivity index (χ0v) is 7.64. The summed E-state index contributed by atoms with van der Waals surface area (Å²) in [5.74, 6) is 1.38. The summed E-state index contributed by atoms with van der Waals surface area (Å²) in [7, 11) is 0. The van der Waals surface area contributed by atoms with Gasteiger partial charge in [0.2, 0.25) is 0 Å². The van der Waals surface area contributed by atoms with Crippen molar-refractivity contribution in [3.63, 3.8) is 0 Å². The van der Waals surface area contributed by atoms with Gasteiger partial charge in [-0.05, 0) is 18.8 Å². The van der Waals surface area contributed by atoms with Crippen molar-refractivity contribution in [3.05, 3.63) is 0 Å². The Morgan fingerprint density at radius 2 is 1.89 bits per heavy atom. The lowest BCUT2D eigenvalue weighted by Gasteiger charge is -2.21. The summed E-state index contributed by atoms with van der Waals surface area (Å²) in [4.78, 5) is 0. The Morgan fingerprint density at radius 3 is 2.00 bits per heavy atom. The van der Waals surface area contributed by atoms with Gasteiger partial charge in [0.1, 0.15) is 0 Å². The van der Waals surface area contributed by atoms with Gasteiger partial charge in [0, 0.05) is 10.5 Å². The van der Waals surface area contributed by atoms with E-state index in [9.17, 15) is 0 Å². The van der Waals surface area contributed by atoms with Crippen LogP contribution in [0.2, 0.25) is 0 Å². The van der Waals surface area contributed by atoms with Crippen LogP contribution in [0, 0.1) is 5.41 Å². The number of rotatable bonds is 1. The molecule has 0 spiro atoms. The summed E-state index contributed by atoms with van der Waals surface area (Å²) in [5, 5.41) is 0. The van der Waals surface area contributed by atoms with E-state index in [-0.39, 0.29) is 0 Å². The molecule has 1 heteroatoms. The predicted octanol–water partition coefficient (Wildman–Crippen LogP) is 2.93. The average Bonchev–Trinajstić information content (AvgIpc) is 2.12. The minimum atomic E-state index is 0.526. The summed E-state index contributed by atoms with van der Waals surface area (Å²) in [6.45, 7) is 9.31. The Morgan fingerprint density at radius 1 is 1.44 bits per heavy atom. The summed E-state index contributed by atoms with van der Waals surface area (Å²) < 4.78 is 0.651. The van der Waals surface area contributed by atoms with Crippen LogP contribution in [-0.4, -0.2) is 10.5 Å². The minimum Gasteiger partial charge on any atom is -0.153 e. The van der Waals surface area contributed by atoms with Gasteiger partial charge in [0.25, 0.3) is 0 Å². The Kier molecular flexibility index (Phi) is 1.59. The van der Waals surface area contributed by atoms with Gasteiger partial charge in [-0.1, -0.05) is 20.8 Å². The van der Waals surface area contributed by atoms with E-state index in [1.54, 1.807) is 0 Å². The van der Waals surface area contributed by atoms with Crippen molar-refractivity contribution in [2.45, 2.75) is 38.9 Å². The summed E-state index contributed by atoms with van der Waals surface area (Å²) in [6.07, 6.45) is 1.37. The van der Waals surface area contributed by atoms with E-state index in [1.165, 1.54) is 12.2 Å². The molecule has 1 saturated heterocycles. The molecule has 1 unspecified atom stereocenters. The molecule has 0 aromatic heterocycles. The standard InChI is InChI=1S/C8H16S/c1-7(2,3)5-8(4)6-9-8/h5-6H2,1-4H3. The van der Waals surface area contributed by atoms with Gasteiger partial charge in [0.15, 0.2) is 0 Å². The van der Waals surface area contributed by atoms with Crippen molar-refractivity contribution in [1.29, 1.82) is 0 Å². The molecular formula is C8H16S. The molecule has 1 aliphatic rings. The summed E-state index contributed by atoms with van der Waals surface area (Å²) in [5.41, 5.74) is 0.526. The first-order chi connectivity index (χ1) is 3.91. The Balaban J connectivity index is 2.33. The molecule has 1 aliphatic heterocycles. The van der Waals surface area contributed by atoms with Crippen LogP contribution in [0.15, 0.2) is 0 Å². The largest absolute Gasteiger partial charge is 0.153 e. The molecule has 0 N–H and O–H groups in total. The maximum absolute atomic E-state index is 2.36. The van der Waals surface area contributed by atoms with Gasteiger partial charge in [0.05, 0.1) is 0 Å². The lowest BCUT2D eigenvalue weighted by Crippen LogP contribution is -2.15. The maximum Gasteiger partial charge on any atom is 0.0227 e. The number of thioether (sulfide) groups is 1. The van der Waals surface area contributed by atoms with Gasteiger partial charge < -0.3 is 0 Å². The number of hydrogen-bond donors (Lipinski definition) is 0. The monoisotopic (exact) mass is 144 g/mol. The highest BCUT2D eigenvalue weighted by Gasteiger charge is 2.41. The first-order valence-corrected chi connectivity index (χ1v) is 4.54. The molecule has 0 aromatic rings. The molecule has 0 radical (unpaired) electrons. The van der Waals surface area contributed by atoms with E-state index in [1.807, 2.05) is 0 Å². The lowest BCUT2D eigenvalue weighted by molar-refractivity contribution is 0.354. The Hall–Kier alpha value is 0.350. The van der Waals surface area contributed by atoms with Crippen molar-refractivity contribution in [2.75, 3.05) is 5.75 Å². The minimum absolute atomic E-state index is 0.526. The quantitative estimate of drug-likeness (QED) is 0.510. The van der Waals surface area contributed by atoms with Gasteiger partial charge in [-0.2, -0.15) is 11.8 Å². The van der Waals surface area contributed by atoms with Crippen molar-refractivity contribution < 1.29 is 0 Å². The topological polar surface area (TPSA) is 0 Å². The molecular weight excluding hydrogens is 128 g/mol. The Labute approximate surface area is 62.4 Å². The van der Waals surface area contributed by atoms with Crippen molar-refractivity contribution in [1.82, 2.24) is 0 Å². The fourth-order valence-corrected chi connectivity index (χ4v) is 2.23.